The fourth-order valence-electron chi connectivity index (χ4n) is 1.39. The van der Waals surface area contributed by atoms with Gasteiger partial charge < -0.3 is 19.7 Å². The van der Waals surface area contributed by atoms with Crippen molar-refractivity contribution in [1.29, 1.82) is 0 Å². The molecule has 0 aliphatic carbocycles. The Morgan fingerprint density at radius 3 is 2.55 bits per heavy atom. The Morgan fingerprint density at radius 2 is 2.00 bits per heavy atom. The monoisotopic (exact) mass is 344 g/mol. The van der Waals surface area contributed by atoms with E-state index < -0.39 is 18.5 Å². The molecule has 0 unspecified atom stereocenters. The topological polar surface area (TPSA) is 93.1 Å². The first-order valence-electron chi connectivity index (χ1n) is 5.66. The summed E-state index contributed by atoms with van der Waals surface area (Å²) in [5.41, 5.74) is 0.588. The first-order valence-corrected chi connectivity index (χ1v) is 6.45. The third-order valence-corrected chi connectivity index (χ3v) is 2.68. The van der Waals surface area contributed by atoms with E-state index in [1.807, 2.05) is 0 Å². The third-order valence-electron chi connectivity index (χ3n) is 2.09. The summed E-state index contributed by atoms with van der Waals surface area (Å²) >= 11 is 3.25. The average molecular weight is 345 g/mol. The van der Waals surface area contributed by atoms with Crippen molar-refractivity contribution in [2.45, 2.75) is 6.92 Å². The van der Waals surface area contributed by atoms with E-state index in [4.69, 9.17) is 19.7 Å². The summed E-state index contributed by atoms with van der Waals surface area (Å²) in [5, 5.41) is 17.2. The zero-order valence-corrected chi connectivity index (χ0v) is 12.2. The number of aliphatic carboxylic acids is 2. The van der Waals surface area contributed by atoms with Crippen LogP contribution in [0, 0.1) is 0 Å². The van der Waals surface area contributed by atoms with E-state index in [2.05, 4.69) is 15.9 Å². The Kier molecular flexibility index (Phi) is 6.05. The van der Waals surface area contributed by atoms with Crippen molar-refractivity contribution in [2.24, 2.45) is 0 Å². The molecular weight excluding hydrogens is 332 g/mol. The summed E-state index contributed by atoms with van der Waals surface area (Å²) in [6.45, 7) is 1.64. The van der Waals surface area contributed by atoms with Crippen molar-refractivity contribution in [3.63, 3.8) is 0 Å². The highest BCUT2D eigenvalue weighted by Gasteiger charge is 2.13. The lowest BCUT2D eigenvalue weighted by Gasteiger charge is -2.13. The number of hydrogen-bond acceptors (Lipinski definition) is 4. The molecule has 0 radical (unpaired) electrons. The maximum Gasteiger partial charge on any atom is 0.341 e. The maximum absolute atomic E-state index is 10.5. The van der Waals surface area contributed by atoms with E-state index in [-0.39, 0.29) is 5.75 Å². The zero-order chi connectivity index (χ0) is 15.1. The second-order valence-corrected chi connectivity index (χ2v) is 4.47. The van der Waals surface area contributed by atoms with Gasteiger partial charge in [-0.3, -0.25) is 0 Å². The molecule has 2 N–H and O–H groups in total. The standard InChI is InChI=1S/C13H13BrO6/c1-2-19-10-6-8(3-4-11(15)16)5-9(14)13(10)20-7-12(17)18/h3-6H,2,7H2,1H3,(H,15,16)(H,17,18)/b4-3+. The molecule has 1 rings (SSSR count). The Bertz CT molecular complexity index is 538. The predicted molar refractivity (Wildman–Crippen MR) is 75.1 cm³/mol. The molecule has 108 valence electrons. The van der Waals surface area contributed by atoms with Gasteiger partial charge in [0.05, 0.1) is 11.1 Å². The number of rotatable bonds is 7. The molecule has 0 spiro atoms. The summed E-state index contributed by atoms with van der Waals surface area (Å²) in [4.78, 5) is 21.0. The SMILES string of the molecule is CCOc1cc(/C=C/C(=O)O)cc(Br)c1OCC(=O)O. The Hall–Kier alpha value is -2.02. The molecule has 0 saturated carbocycles. The van der Waals surface area contributed by atoms with Crippen LogP contribution in [0.3, 0.4) is 0 Å². The summed E-state index contributed by atoms with van der Waals surface area (Å²) in [6.07, 6.45) is 2.39. The molecule has 1 aromatic carbocycles. The second kappa shape index (κ2) is 7.54. The summed E-state index contributed by atoms with van der Waals surface area (Å²) in [6, 6.07) is 3.18. The van der Waals surface area contributed by atoms with Gasteiger partial charge in [-0.05, 0) is 46.6 Å². The van der Waals surface area contributed by atoms with Crippen molar-refractivity contribution in [3.8, 4) is 11.5 Å². The number of hydrogen-bond donors (Lipinski definition) is 2. The number of ether oxygens (including phenoxy) is 2. The van der Waals surface area contributed by atoms with Crippen LogP contribution >= 0.6 is 15.9 Å². The Morgan fingerprint density at radius 1 is 1.30 bits per heavy atom. The lowest BCUT2D eigenvalue weighted by Crippen LogP contribution is -2.10. The van der Waals surface area contributed by atoms with Gasteiger partial charge in [0, 0.05) is 6.08 Å². The van der Waals surface area contributed by atoms with Gasteiger partial charge in [0.25, 0.3) is 0 Å². The molecule has 0 saturated heterocycles. The second-order valence-electron chi connectivity index (χ2n) is 3.62. The molecule has 0 aromatic heterocycles. The molecule has 0 aliphatic heterocycles. The summed E-state index contributed by atoms with van der Waals surface area (Å²) in [5.74, 6) is -1.56. The molecule has 0 aliphatic rings. The van der Waals surface area contributed by atoms with E-state index in [0.717, 1.165) is 6.08 Å². The van der Waals surface area contributed by atoms with E-state index in [0.29, 0.717) is 22.4 Å². The highest BCUT2D eigenvalue weighted by molar-refractivity contribution is 9.10. The van der Waals surface area contributed by atoms with Gasteiger partial charge in [0.2, 0.25) is 0 Å². The van der Waals surface area contributed by atoms with Crippen molar-refractivity contribution in [2.75, 3.05) is 13.2 Å². The lowest BCUT2D eigenvalue weighted by atomic mass is 10.2. The van der Waals surface area contributed by atoms with Crippen molar-refractivity contribution < 1.29 is 29.3 Å². The number of halogens is 1. The van der Waals surface area contributed by atoms with E-state index >= 15 is 0 Å². The van der Waals surface area contributed by atoms with Crippen LogP contribution in [0.25, 0.3) is 6.08 Å². The van der Waals surface area contributed by atoms with Gasteiger partial charge in [0.15, 0.2) is 18.1 Å². The van der Waals surface area contributed by atoms with Crippen molar-refractivity contribution in [3.05, 3.63) is 28.2 Å². The van der Waals surface area contributed by atoms with Crippen LogP contribution < -0.4 is 9.47 Å². The normalized spacial score (nSPS) is 10.5. The summed E-state index contributed by atoms with van der Waals surface area (Å²) in [7, 11) is 0. The minimum Gasteiger partial charge on any atom is -0.490 e. The van der Waals surface area contributed by atoms with E-state index in [1.165, 1.54) is 6.08 Å². The minimum atomic E-state index is -1.10. The maximum atomic E-state index is 10.5. The highest BCUT2D eigenvalue weighted by Crippen LogP contribution is 2.37. The lowest BCUT2D eigenvalue weighted by molar-refractivity contribution is -0.139. The number of carboxylic acid groups (broad SMARTS) is 2. The molecule has 1 aromatic rings. The van der Waals surface area contributed by atoms with Crippen LogP contribution in [0.5, 0.6) is 11.5 Å². The highest BCUT2D eigenvalue weighted by atomic mass is 79.9. The largest absolute Gasteiger partial charge is 0.490 e. The smallest absolute Gasteiger partial charge is 0.341 e. The first kappa shape index (κ1) is 16.0. The van der Waals surface area contributed by atoms with Gasteiger partial charge in [-0.2, -0.15) is 0 Å². The Labute approximate surface area is 123 Å². The van der Waals surface area contributed by atoms with E-state index in [9.17, 15) is 9.59 Å². The third kappa shape index (κ3) is 4.93. The average Bonchev–Trinajstić information content (AvgIpc) is 2.35. The fraction of sp³-hybridized carbons (Fsp3) is 0.231. The van der Waals surface area contributed by atoms with Crippen LogP contribution in [-0.2, 0) is 9.59 Å². The molecule has 0 fully saturated rings. The first-order chi connectivity index (χ1) is 9.43. The molecule has 0 bridgehead atoms. The molecule has 20 heavy (non-hydrogen) atoms. The van der Waals surface area contributed by atoms with Crippen LogP contribution in [0.4, 0.5) is 0 Å². The van der Waals surface area contributed by atoms with Crippen LogP contribution in [0.15, 0.2) is 22.7 Å². The molecular formula is C13H13BrO6. The molecule has 7 heteroatoms. The van der Waals surface area contributed by atoms with E-state index in [1.54, 1.807) is 19.1 Å². The number of carboxylic acids is 2. The Balaban J connectivity index is 3.10. The molecule has 0 amide bonds. The van der Waals surface area contributed by atoms with Gasteiger partial charge in [0.1, 0.15) is 0 Å². The van der Waals surface area contributed by atoms with Crippen LogP contribution in [0.1, 0.15) is 12.5 Å². The quantitative estimate of drug-likeness (QED) is 0.737. The van der Waals surface area contributed by atoms with Gasteiger partial charge in [-0.1, -0.05) is 0 Å². The fourth-order valence-corrected chi connectivity index (χ4v) is 1.96. The molecule has 0 heterocycles. The van der Waals surface area contributed by atoms with Crippen LogP contribution in [-0.4, -0.2) is 35.4 Å². The zero-order valence-electron chi connectivity index (χ0n) is 10.6. The van der Waals surface area contributed by atoms with Gasteiger partial charge in [-0.15, -0.1) is 0 Å². The molecule has 6 nitrogen and oxygen atoms in total. The minimum absolute atomic E-state index is 0.265. The van der Waals surface area contributed by atoms with Crippen molar-refractivity contribution >= 4 is 33.9 Å². The van der Waals surface area contributed by atoms with Gasteiger partial charge in [-0.25, -0.2) is 9.59 Å². The summed E-state index contributed by atoms with van der Waals surface area (Å²) < 4.78 is 11.0. The number of benzene rings is 1. The number of carbonyl (C=O) groups is 2. The predicted octanol–water partition coefficient (Wildman–Crippen LogP) is 2.41. The van der Waals surface area contributed by atoms with Crippen molar-refractivity contribution in [1.82, 2.24) is 0 Å². The molecule has 0 atom stereocenters. The van der Waals surface area contributed by atoms with Crippen LogP contribution in [0.2, 0.25) is 0 Å². The van der Waals surface area contributed by atoms with Gasteiger partial charge >= 0.3 is 11.9 Å².